The van der Waals surface area contributed by atoms with E-state index in [4.69, 9.17) is 0 Å². The molecular weight excluding hydrogens is 190 g/mol. The van der Waals surface area contributed by atoms with Gasteiger partial charge in [0.2, 0.25) is 0 Å². The molecule has 15 heavy (non-hydrogen) atoms. The normalized spacial score (nSPS) is 25.4. The van der Waals surface area contributed by atoms with Crippen molar-refractivity contribution in [3.63, 3.8) is 0 Å². The van der Waals surface area contributed by atoms with Gasteiger partial charge in [-0.1, -0.05) is 13.0 Å². The molecule has 0 saturated carbocycles. The highest BCUT2D eigenvalue weighted by Crippen LogP contribution is 2.29. The van der Waals surface area contributed by atoms with Gasteiger partial charge >= 0.3 is 5.69 Å². The molecule has 2 heterocycles. The number of imidazole rings is 1. The van der Waals surface area contributed by atoms with E-state index in [9.17, 15) is 4.79 Å². The first-order valence-electron chi connectivity index (χ1n) is 5.19. The Balaban J connectivity index is 2.09. The molecule has 3 rings (SSSR count). The van der Waals surface area contributed by atoms with Crippen molar-refractivity contribution in [3.8, 4) is 0 Å². The van der Waals surface area contributed by atoms with E-state index >= 15 is 0 Å². The summed E-state index contributed by atoms with van der Waals surface area (Å²) < 4.78 is 0. The van der Waals surface area contributed by atoms with E-state index in [0.29, 0.717) is 12.0 Å². The summed E-state index contributed by atoms with van der Waals surface area (Å²) in [6.07, 6.45) is 0. The largest absolute Gasteiger partial charge is 0.323 e. The van der Waals surface area contributed by atoms with Crippen LogP contribution in [-0.2, 0) is 0 Å². The number of hydrogen-bond acceptors (Lipinski definition) is 2. The van der Waals surface area contributed by atoms with Crippen LogP contribution < -0.4 is 11.0 Å². The first kappa shape index (κ1) is 8.73. The lowest BCUT2D eigenvalue weighted by atomic mass is 9.87. The lowest BCUT2D eigenvalue weighted by Crippen LogP contribution is -2.43. The van der Waals surface area contributed by atoms with E-state index in [-0.39, 0.29) is 5.69 Å². The predicted octanol–water partition coefficient (Wildman–Crippen LogP) is 1.14. The van der Waals surface area contributed by atoms with E-state index in [1.54, 1.807) is 0 Å². The summed E-state index contributed by atoms with van der Waals surface area (Å²) in [5.41, 5.74) is 2.86. The monoisotopic (exact) mass is 203 g/mol. The third-order valence-corrected chi connectivity index (χ3v) is 3.13. The number of hydrogen-bond donors (Lipinski definition) is 3. The second kappa shape index (κ2) is 2.97. The lowest BCUT2D eigenvalue weighted by Gasteiger charge is -2.35. The lowest BCUT2D eigenvalue weighted by molar-refractivity contribution is 0.258. The Hall–Kier alpha value is -1.55. The molecule has 78 valence electrons. The molecule has 0 spiro atoms. The van der Waals surface area contributed by atoms with Crippen LogP contribution in [0.15, 0.2) is 23.0 Å². The minimum atomic E-state index is -0.142. The van der Waals surface area contributed by atoms with Crippen LogP contribution in [0, 0.1) is 5.92 Å². The maximum Gasteiger partial charge on any atom is 0.323 e. The molecule has 1 aromatic heterocycles. The van der Waals surface area contributed by atoms with Gasteiger partial charge in [-0.15, -0.1) is 0 Å². The van der Waals surface area contributed by atoms with Gasteiger partial charge in [-0.3, -0.25) is 0 Å². The maximum atomic E-state index is 11.1. The second-order valence-electron chi connectivity index (χ2n) is 4.25. The quantitative estimate of drug-likeness (QED) is 0.650. The van der Waals surface area contributed by atoms with Crippen LogP contribution in [0.5, 0.6) is 0 Å². The molecule has 3 N–H and O–H groups in total. The Kier molecular flexibility index (Phi) is 1.73. The van der Waals surface area contributed by atoms with Crippen molar-refractivity contribution in [3.05, 3.63) is 34.2 Å². The number of aromatic nitrogens is 2. The second-order valence-corrected chi connectivity index (χ2v) is 4.25. The van der Waals surface area contributed by atoms with Gasteiger partial charge in [0, 0.05) is 12.6 Å². The van der Waals surface area contributed by atoms with Gasteiger partial charge < -0.3 is 15.3 Å². The summed E-state index contributed by atoms with van der Waals surface area (Å²) in [4.78, 5) is 16.6. The molecule has 1 saturated heterocycles. The van der Waals surface area contributed by atoms with Crippen LogP contribution in [0.25, 0.3) is 11.0 Å². The van der Waals surface area contributed by atoms with E-state index < -0.39 is 0 Å². The topological polar surface area (TPSA) is 60.7 Å². The molecule has 1 aliphatic heterocycles. The Morgan fingerprint density at radius 1 is 1.27 bits per heavy atom. The Morgan fingerprint density at radius 2 is 2.07 bits per heavy atom. The van der Waals surface area contributed by atoms with Crippen molar-refractivity contribution in [1.82, 2.24) is 15.3 Å². The fourth-order valence-corrected chi connectivity index (χ4v) is 2.16. The Labute approximate surface area is 86.7 Å². The highest BCUT2D eigenvalue weighted by Gasteiger charge is 2.27. The van der Waals surface area contributed by atoms with Crippen molar-refractivity contribution >= 4 is 11.0 Å². The third kappa shape index (κ3) is 1.29. The highest BCUT2D eigenvalue weighted by molar-refractivity contribution is 5.75. The molecule has 0 bridgehead atoms. The number of aromatic amines is 2. The molecule has 2 unspecified atom stereocenters. The van der Waals surface area contributed by atoms with E-state index in [0.717, 1.165) is 17.6 Å². The van der Waals surface area contributed by atoms with Crippen molar-refractivity contribution in [2.75, 3.05) is 6.54 Å². The number of rotatable bonds is 1. The molecular formula is C11H13N3O. The molecule has 1 aliphatic rings. The first-order chi connectivity index (χ1) is 7.24. The minimum absolute atomic E-state index is 0.142. The zero-order valence-corrected chi connectivity index (χ0v) is 8.50. The summed E-state index contributed by atoms with van der Waals surface area (Å²) in [7, 11) is 0. The van der Waals surface area contributed by atoms with Crippen LogP contribution in [0.4, 0.5) is 0 Å². The van der Waals surface area contributed by atoms with Gasteiger partial charge in [0.15, 0.2) is 0 Å². The Bertz CT molecular complexity index is 554. The molecule has 1 fully saturated rings. The van der Waals surface area contributed by atoms with Crippen molar-refractivity contribution in [1.29, 1.82) is 0 Å². The number of H-pyrrole nitrogens is 2. The molecule has 0 radical (unpaired) electrons. The molecule has 0 amide bonds. The van der Waals surface area contributed by atoms with Gasteiger partial charge in [0.25, 0.3) is 0 Å². The first-order valence-corrected chi connectivity index (χ1v) is 5.19. The van der Waals surface area contributed by atoms with Gasteiger partial charge in [-0.2, -0.15) is 0 Å². The fourth-order valence-electron chi connectivity index (χ4n) is 2.16. The van der Waals surface area contributed by atoms with Crippen LogP contribution in [-0.4, -0.2) is 16.5 Å². The number of benzene rings is 1. The summed E-state index contributed by atoms with van der Waals surface area (Å²) in [5, 5.41) is 3.38. The van der Waals surface area contributed by atoms with Gasteiger partial charge in [0.1, 0.15) is 0 Å². The summed E-state index contributed by atoms with van der Waals surface area (Å²) in [6, 6.07) is 6.50. The summed E-state index contributed by atoms with van der Waals surface area (Å²) >= 11 is 0. The zero-order chi connectivity index (χ0) is 10.4. The number of fused-ring (bicyclic) bond motifs is 1. The van der Waals surface area contributed by atoms with E-state index in [1.807, 2.05) is 12.1 Å². The molecule has 1 aromatic carbocycles. The molecule has 4 nitrogen and oxygen atoms in total. The van der Waals surface area contributed by atoms with Crippen molar-refractivity contribution in [2.45, 2.75) is 13.0 Å². The third-order valence-electron chi connectivity index (χ3n) is 3.13. The maximum absolute atomic E-state index is 11.1. The van der Waals surface area contributed by atoms with Gasteiger partial charge in [0.05, 0.1) is 11.0 Å². The van der Waals surface area contributed by atoms with Crippen LogP contribution in [0.1, 0.15) is 18.5 Å². The predicted molar refractivity (Wildman–Crippen MR) is 58.8 cm³/mol. The summed E-state index contributed by atoms with van der Waals surface area (Å²) in [6.45, 7) is 3.30. The van der Waals surface area contributed by atoms with Gasteiger partial charge in [-0.25, -0.2) is 4.79 Å². The average Bonchev–Trinajstić information content (AvgIpc) is 2.55. The average molecular weight is 203 g/mol. The van der Waals surface area contributed by atoms with Gasteiger partial charge in [-0.05, 0) is 23.6 Å². The van der Waals surface area contributed by atoms with E-state index in [1.165, 1.54) is 5.56 Å². The smallest absolute Gasteiger partial charge is 0.309 e. The molecule has 4 heteroatoms. The van der Waals surface area contributed by atoms with Crippen LogP contribution in [0.3, 0.4) is 0 Å². The minimum Gasteiger partial charge on any atom is -0.309 e. The van der Waals surface area contributed by atoms with Crippen molar-refractivity contribution < 1.29 is 0 Å². The summed E-state index contributed by atoms with van der Waals surface area (Å²) in [5.74, 6) is 0.674. The highest BCUT2D eigenvalue weighted by atomic mass is 16.1. The van der Waals surface area contributed by atoms with Crippen molar-refractivity contribution in [2.24, 2.45) is 5.92 Å². The molecule has 2 atom stereocenters. The Morgan fingerprint density at radius 3 is 2.73 bits per heavy atom. The zero-order valence-electron chi connectivity index (χ0n) is 8.50. The van der Waals surface area contributed by atoms with Crippen LogP contribution in [0.2, 0.25) is 0 Å². The van der Waals surface area contributed by atoms with E-state index in [2.05, 4.69) is 28.3 Å². The molecule has 0 aliphatic carbocycles. The fraction of sp³-hybridized carbons (Fsp3) is 0.364. The molecule has 2 aromatic rings. The SMILES string of the molecule is CC1CNC1c1ccc2[nH]c(=O)[nH]c2c1. The number of nitrogens with one attached hydrogen (secondary N) is 3. The van der Waals surface area contributed by atoms with Crippen LogP contribution >= 0.6 is 0 Å². The standard InChI is InChI=1S/C11H13N3O/c1-6-5-12-10(6)7-2-3-8-9(4-7)14-11(15)13-8/h2-4,6,10,12H,5H2,1H3,(H2,13,14,15).